The summed E-state index contributed by atoms with van der Waals surface area (Å²) in [6.07, 6.45) is 0. The standard InChI is InChI=1S/C16H20N2O/c1-12(10-17-2)16(19)18-11-13-7-8-14-5-3-4-6-15(14)9-13/h3-9,12,17H,10-11H2,1-2H3,(H,18,19). The van der Waals surface area contributed by atoms with Crippen molar-refractivity contribution in [3.8, 4) is 0 Å². The first-order chi connectivity index (χ1) is 9.20. The third-order valence-electron chi connectivity index (χ3n) is 3.24. The van der Waals surface area contributed by atoms with Crippen molar-refractivity contribution in [1.29, 1.82) is 0 Å². The van der Waals surface area contributed by atoms with E-state index in [9.17, 15) is 4.79 Å². The first-order valence-corrected chi connectivity index (χ1v) is 6.60. The summed E-state index contributed by atoms with van der Waals surface area (Å²) in [6, 6.07) is 14.5. The summed E-state index contributed by atoms with van der Waals surface area (Å²) >= 11 is 0. The number of benzene rings is 2. The highest BCUT2D eigenvalue weighted by molar-refractivity contribution is 5.83. The molecule has 0 aliphatic heterocycles. The predicted octanol–water partition coefficient (Wildman–Crippen LogP) is 2.31. The number of carbonyl (C=O) groups excluding carboxylic acids is 1. The van der Waals surface area contributed by atoms with Crippen LogP contribution in [0.3, 0.4) is 0 Å². The molecule has 19 heavy (non-hydrogen) atoms. The molecule has 1 unspecified atom stereocenters. The summed E-state index contributed by atoms with van der Waals surface area (Å²) in [5.41, 5.74) is 1.13. The SMILES string of the molecule is CNCC(C)C(=O)NCc1ccc2ccccc2c1. The molecule has 0 bridgehead atoms. The Kier molecular flexibility index (Phi) is 4.53. The Bertz CT molecular complexity index is 565. The summed E-state index contributed by atoms with van der Waals surface area (Å²) in [4.78, 5) is 11.8. The van der Waals surface area contributed by atoms with Crippen molar-refractivity contribution >= 4 is 16.7 Å². The molecule has 0 saturated heterocycles. The van der Waals surface area contributed by atoms with Crippen LogP contribution >= 0.6 is 0 Å². The molecule has 2 rings (SSSR count). The molecule has 2 N–H and O–H groups in total. The van der Waals surface area contributed by atoms with Crippen LogP contribution in [0, 0.1) is 5.92 Å². The second kappa shape index (κ2) is 6.34. The first kappa shape index (κ1) is 13.6. The van der Waals surface area contributed by atoms with Crippen LogP contribution in [0.15, 0.2) is 42.5 Å². The van der Waals surface area contributed by atoms with Crippen molar-refractivity contribution in [2.75, 3.05) is 13.6 Å². The van der Waals surface area contributed by atoms with Crippen LogP contribution in [0.25, 0.3) is 10.8 Å². The summed E-state index contributed by atoms with van der Waals surface area (Å²) in [6.45, 7) is 3.20. The van der Waals surface area contributed by atoms with Gasteiger partial charge in [-0.05, 0) is 29.4 Å². The molecule has 2 aromatic rings. The molecule has 0 aromatic heterocycles. The number of hydrogen-bond acceptors (Lipinski definition) is 2. The third kappa shape index (κ3) is 3.55. The Hall–Kier alpha value is -1.87. The zero-order valence-corrected chi connectivity index (χ0v) is 11.4. The molecule has 0 heterocycles. The monoisotopic (exact) mass is 256 g/mol. The lowest BCUT2D eigenvalue weighted by molar-refractivity contribution is -0.124. The van der Waals surface area contributed by atoms with Gasteiger partial charge in [0.25, 0.3) is 0 Å². The Morgan fingerprint density at radius 2 is 1.89 bits per heavy atom. The largest absolute Gasteiger partial charge is 0.352 e. The number of rotatable bonds is 5. The molecule has 0 spiro atoms. The molecule has 1 amide bonds. The van der Waals surface area contributed by atoms with Gasteiger partial charge >= 0.3 is 0 Å². The van der Waals surface area contributed by atoms with Crippen LogP contribution in [0.2, 0.25) is 0 Å². The lowest BCUT2D eigenvalue weighted by Crippen LogP contribution is -2.33. The van der Waals surface area contributed by atoms with Gasteiger partial charge in [-0.1, -0.05) is 43.3 Å². The van der Waals surface area contributed by atoms with E-state index < -0.39 is 0 Å². The maximum Gasteiger partial charge on any atom is 0.224 e. The van der Waals surface area contributed by atoms with Crippen LogP contribution in [-0.4, -0.2) is 19.5 Å². The summed E-state index contributed by atoms with van der Waals surface area (Å²) in [5, 5.41) is 8.41. The maximum absolute atomic E-state index is 11.8. The van der Waals surface area contributed by atoms with Crippen molar-refractivity contribution in [1.82, 2.24) is 10.6 Å². The Morgan fingerprint density at radius 1 is 1.16 bits per heavy atom. The molecular formula is C16H20N2O. The average Bonchev–Trinajstić information content (AvgIpc) is 2.44. The van der Waals surface area contributed by atoms with Gasteiger partial charge in [0.05, 0.1) is 0 Å². The van der Waals surface area contributed by atoms with E-state index in [1.807, 2.05) is 26.1 Å². The second-order valence-corrected chi connectivity index (χ2v) is 4.86. The molecule has 100 valence electrons. The fraction of sp³-hybridized carbons (Fsp3) is 0.312. The van der Waals surface area contributed by atoms with E-state index >= 15 is 0 Å². The Labute approximate surface area is 114 Å². The molecular weight excluding hydrogens is 236 g/mol. The van der Waals surface area contributed by atoms with Crippen LogP contribution in [0.4, 0.5) is 0 Å². The van der Waals surface area contributed by atoms with Crippen LogP contribution in [-0.2, 0) is 11.3 Å². The zero-order valence-electron chi connectivity index (χ0n) is 11.4. The van der Waals surface area contributed by atoms with E-state index in [-0.39, 0.29) is 11.8 Å². The van der Waals surface area contributed by atoms with E-state index in [1.54, 1.807) is 0 Å². The molecule has 0 aliphatic rings. The van der Waals surface area contributed by atoms with Crippen molar-refractivity contribution in [2.45, 2.75) is 13.5 Å². The van der Waals surface area contributed by atoms with Crippen LogP contribution in [0.1, 0.15) is 12.5 Å². The molecule has 0 fully saturated rings. The number of carbonyl (C=O) groups is 1. The normalized spacial score (nSPS) is 12.3. The van der Waals surface area contributed by atoms with Crippen molar-refractivity contribution in [3.63, 3.8) is 0 Å². The molecule has 0 aliphatic carbocycles. The quantitative estimate of drug-likeness (QED) is 0.862. The lowest BCUT2D eigenvalue weighted by atomic mass is 10.1. The van der Waals surface area contributed by atoms with E-state index in [2.05, 4.69) is 41.0 Å². The smallest absolute Gasteiger partial charge is 0.224 e. The first-order valence-electron chi connectivity index (χ1n) is 6.60. The van der Waals surface area contributed by atoms with Crippen molar-refractivity contribution < 1.29 is 4.79 Å². The minimum atomic E-state index is -0.00884. The fourth-order valence-corrected chi connectivity index (χ4v) is 2.11. The van der Waals surface area contributed by atoms with Gasteiger partial charge in [0, 0.05) is 19.0 Å². The highest BCUT2D eigenvalue weighted by Gasteiger charge is 2.10. The minimum absolute atomic E-state index is 0.00884. The van der Waals surface area contributed by atoms with Gasteiger partial charge in [-0.15, -0.1) is 0 Å². The second-order valence-electron chi connectivity index (χ2n) is 4.86. The van der Waals surface area contributed by atoms with Gasteiger partial charge in [-0.2, -0.15) is 0 Å². The number of amides is 1. The summed E-state index contributed by atoms with van der Waals surface area (Å²) < 4.78 is 0. The zero-order chi connectivity index (χ0) is 13.7. The minimum Gasteiger partial charge on any atom is -0.352 e. The average molecular weight is 256 g/mol. The van der Waals surface area contributed by atoms with Gasteiger partial charge < -0.3 is 10.6 Å². The lowest BCUT2D eigenvalue weighted by Gasteiger charge is -2.12. The van der Waals surface area contributed by atoms with Gasteiger partial charge in [0.2, 0.25) is 5.91 Å². The summed E-state index contributed by atoms with van der Waals surface area (Å²) in [5.74, 6) is 0.0768. The van der Waals surface area contributed by atoms with Crippen molar-refractivity contribution in [3.05, 3.63) is 48.0 Å². The van der Waals surface area contributed by atoms with Crippen LogP contribution in [0.5, 0.6) is 0 Å². The van der Waals surface area contributed by atoms with Gasteiger partial charge in [-0.3, -0.25) is 4.79 Å². The van der Waals surface area contributed by atoms with E-state index in [4.69, 9.17) is 0 Å². The van der Waals surface area contributed by atoms with E-state index in [0.29, 0.717) is 13.1 Å². The van der Waals surface area contributed by atoms with Crippen molar-refractivity contribution in [2.24, 2.45) is 5.92 Å². The topological polar surface area (TPSA) is 41.1 Å². The number of hydrogen-bond donors (Lipinski definition) is 2. The fourth-order valence-electron chi connectivity index (χ4n) is 2.11. The molecule has 0 saturated carbocycles. The van der Waals surface area contributed by atoms with Gasteiger partial charge in [-0.25, -0.2) is 0 Å². The number of nitrogens with one attached hydrogen (secondary N) is 2. The van der Waals surface area contributed by atoms with E-state index in [0.717, 1.165) is 5.56 Å². The molecule has 3 heteroatoms. The number of fused-ring (bicyclic) bond motifs is 1. The molecule has 0 radical (unpaired) electrons. The predicted molar refractivity (Wildman–Crippen MR) is 78.9 cm³/mol. The Morgan fingerprint density at radius 3 is 2.63 bits per heavy atom. The molecule has 3 nitrogen and oxygen atoms in total. The van der Waals surface area contributed by atoms with Gasteiger partial charge in [0.1, 0.15) is 0 Å². The van der Waals surface area contributed by atoms with E-state index in [1.165, 1.54) is 10.8 Å². The highest BCUT2D eigenvalue weighted by Crippen LogP contribution is 2.15. The highest BCUT2D eigenvalue weighted by atomic mass is 16.1. The summed E-state index contributed by atoms with van der Waals surface area (Å²) in [7, 11) is 1.85. The molecule has 2 aromatic carbocycles. The maximum atomic E-state index is 11.8. The Balaban J connectivity index is 2.00. The molecule has 1 atom stereocenters. The third-order valence-corrected chi connectivity index (χ3v) is 3.24. The van der Waals surface area contributed by atoms with Gasteiger partial charge in [0.15, 0.2) is 0 Å². The van der Waals surface area contributed by atoms with Crippen LogP contribution < -0.4 is 10.6 Å².